The highest BCUT2D eigenvalue weighted by molar-refractivity contribution is 6.32. The number of methoxy groups -OCH3 is 2. The van der Waals surface area contributed by atoms with Gasteiger partial charge in [0.15, 0.2) is 0 Å². The van der Waals surface area contributed by atoms with Gasteiger partial charge in [0, 0.05) is 17.7 Å². The Morgan fingerprint density at radius 2 is 1.76 bits per heavy atom. The number of hydrogen-bond acceptors (Lipinski definition) is 6. The summed E-state index contributed by atoms with van der Waals surface area (Å²) < 4.78 is 16.3. The molecule has 0 saturated heterocycles. The maximum atomic E-state index is 6.11. The minimum atomic E-state index is 0.347. The summed E-state index contributed by atoms with van der Waals surface area (Å²) in [6.07, 6.45) is 0. The van der Waals surface area contributed by atoms with E-state index < -0.39 is 0 Å². The maximum Gasteiger partial charge on any atom is 0.247 e. The van der Waals surface area contributed by atoms with Gasteiger partial charge in [0.05, 0.1) is 31.5 Å². The number of anilines is 1. The average Bonchev–Trinajstić information content (AvgIpc) is 3.10. The van der Waals surface area contributed by atoms with Crippen molar-refractivity contribution in [2.75, 3.05) is 19.5 Å². The van der Waals surface area contributed by atoms with Gasteiger partial charge in [-0.05, 0) is 19.1 Å². The molecule has 0 aliphatic heterocycles. The van der Waals surface area contributed by atoms with E-state index in [0.29, 0.717) is 34.8 Å². The molecule has 0 amide bonds. The van der Waals surface area contributed by atoms with Gasteiger partial charge in [-0.2, -0.15) is 0 Å². The highest BCUT2D eigenvalue weighted by Gasteiger charge is 2.12. The summed E-state index contributed by atoms with van der Waals surface area (Å²) in [7, 11) is 3.13. The van der Waals surface area contributed by atoms with Gasteiger partial charge in [0.25, 0.3) is 0 Å². The molecule has 1 N–H and O–H groups in total. The molecule has 0 saturated carbocycles. The first-order valence-electron chi connectivity index (χ1n) is 7.65. The van der Waals surface area contributed by atoms with Crippen LogP contribution in [0.25, 0.3) is 11.5 Å². The number of aryl methyl sites for hydroxylation is 1. The molecule has 0 fully saturated rings. The van der Waals surface area contributed by atoms with Crippen molar-refractivity contribution in [1.82, 2.24) is 10.2 Å². The Bertz CT molecular complexity index is 863. The smallest absolute Gasteiger partial charge is 0.247 e. The van der Waals surface area contributed by atoms with Crippen LogP contribution in [0.4, 0.5) is 5.69 Å². The second-order valence-electron chi connectivity index (χ2n) is 5.41. The molecule has 0 bridgehead atoms. The van der Waals surface area contributed by atoms with Crippen LogP contribution in [0.3, 0.4) is 0 Å². The first-order valence-corrected chi connectivity index (χ1v) is 8.03. The number of nitrogens with zero attached hydrogens (tertiary/aromatic N) is 2. The lowest BCUT2D eigenvalue weighted by molar-refractivity contribution is 0.404. The molecule has 3 rings (SSSR count). The number of nitrogens with one attached hydrogen (secondary N) is 1. The number of hydrogen-bond donors (Lipinski definition) is 1. The van der Waals surface area contributed by atoms with Crippen molar-refractivity contribution >= 4 is 17.3 Å². The minimum Gasteiger partial charge on any atom is -0.495 e. The van der Waals surface area contributed by atoms with Gasteiger partial charge in [-0.1, -0.05) is 29.3 Å². The Morgan fingerprint density at radius 1 is 1.04 bits per heavy atom. The van der Waals surface area contributed by atoms with Crippen molar-refractivity contribution < 1.29 is 13.9 Å². The molecule has 6 nitrogen and oxygen atoms in total. The zero-order chi connectivity index (χ0) is 17.8. The van der Waals surface area contributed by atoms with Gasteiger partial charge in [0.2, 0.25) is 11.8 Å². The Kier molecular flexibility index (Phi) is 5.09. The molecule has 1 heterocycles. The molecule has 0 aliphatic carbocycles. The zero-order valence-corrected chi connectivity index (χ0v) is 14.9. The fourth-order valence-electron chi connectivity index (χ4n) is 2.31. The summed E-state index contributed by atoms with van der Waals surface area (Å²) in [5, 5.41) is 11.8. The lowest BCUT2D eigenvalue weighted by atomic mass is 10.1. The van der Waals surface area contributed by atoms with Crippen LogP contribution < -0.4 is 14.8 Å². The molecule has 7 heteroatoms. The van der Waals surface area contributed by atoms with Crippen LogP contribution in [0.15, 0.2) is 40.8 Å². The Labute approximate surface area is 150 Å². The van der Waals surface area contributed by atoms with E-state index in [1.807, 2.05) is 31.2 Å². The third-order valence-corrected chi connectivity index (χ3v) is 3.96. The summed E-state index contributed by atoms with van der Waals surface area (Å²) in [6.45, 7) is 2.38. The molecule has 0 radical (unpaired) electrons. The fourth-order valence-corrected chi connectivity index (χ4v) is 2.54. The van der Waals surface area contributed by atoms with E-state index in [4.69, 9.17) is 25.5 Å². The second-order valence-corrected chi connectivity index (χ2v) is 5.81. The predicted molar refractivity (Wildman–Crippen MR) is 96.4 cm³/mol. The molecule has 25 heavy (non-hydrogen) atoms. The molecular weight excluding hydrogens is 342 g/mol. The predicted octanol–water partition coefficient (Wildman–Crippen LogP) is 4.33. The van der Waals surface area contributed by atoms with Crippen LogP contribution in [0.5, 0.6) is 11.5 Å². The van der Waals surface area contributed by atoms with E-state index in [1.54, 1.807) is 26.4 Å². The van der Waals surface area contributed by atoms with Crippen LogP contribution in [0.2, 0.25) is 5.02 Å². The van der Waals surface area contributed by atoms with Crippen molar-refractivity contribution in [3.05, 3.63) is 52.9 Å². The van der Waals surface area contributed by atoms with Crippen LogP contribution in [-0.2, 0) is 6.54 Å². The van der Waals surface area contributed by atoms with E-state index in [1.165, 1.54) is 5.56 Å². The molecule has 0 aliphatic rings. The summed E-state index contributed by atoms with van der Waals surface area (Å²) >= 11 is 6.11. The van der Waals surface area contributed by atoms with Crippen molar-refractivity contribution in [2.45, 2.75) is 13.5 Å². The van der Waals surface area contributed by atoms with Crippen molar-refractivity contribution in [3.8, 4) is 23.0 Å². The molecule has 2 aromatic carbocycles. The van der Waals surface area contributed by atoms with Crippen molar-refractivity contribution in [2.24, 2.45) is 0 Å². The SMILES string of the molecule is COc1cc(NCc2nnc(-c3ccc(C)cc3)o2)c(OC)cc1Cl. The first-order chi connectivity index (χ1) is 12.1. The average molecular weight is 360 g/mol. The number of benzene rings is 2. The van der Waals surface area contributed by atoms with E-state index in [9.17, 15) is 0 Å². The quantitative estimate of drug-likeness (QED) is 0.706. The van der Waals surface area contributed by atoms with Gasteiger partial charge in [0.1, 0.15) is 11.5 Å². The lowest BCUT2D eigenvalue weighted by Crippen LogP contribution is -2.02. The van der Waals surface area contributed by atoms with Gasteiger partial charge < -0.3 is 19.2 Å². The molecular formula is C18H18ClN3O3. The molecule has 3 aromatic rings. The highest BCUT2D eigenvalue weighted by Crippen LogP contribution is 2.36. The van der Waals surface area contributed by atoms with Gasteiger partial charge in [-0.25, -0.2) is 0 Å². The van der Waals surface area contributed by atoms with Gasteiger partial charge in [-0.3, -0.25) is 0 Å². The van der Waals surface area contributed by atoms with Crippen LogP contribution in [-0.4, -0.2) is 24.4 Å². The highest BCUT2D eigenvalue weighted by atomic mass is 35.5. The fraction of sp³-hybridized carbons (Fsp3) is 0.222. The Balaban J connectivity index is 1.75. The molecule has 130 valence electrons. The normalized spacial score (nSPS) is 10.6. The largest absolute Gasteiger partial charge is 0.495 e. The first kappa shape index (κ1) is 17.1. The Hall–Kier alpha value is -2.73. The van der Waals surface area contributed by atoms with E-state index in [2.05, 4.69) is 15.5 Å². The second kappa shape index (κ2) is 7.44. The number of aromatic nitrogens is 2. The summed E-state index contributed by atoms with van der Waals surface area (Å²) in [5.74, 6) is 2.10. The molecule has 0 spiro atoms. The van der Waals surface area contributed by atoms with Crippen LogP contribution in [0, 0.1) is 6.92 Å². The Morgan fingerprint density at radius 3 is 2.44 bits per heavy atom. The standard InChI is InChI=1S/C18H18ClN3O3/c1-11-4-6-12(7-5-11)18-22-21-17(25-18)10-20-14-9-15(23-2)13(19)8-16(14)24-3/h4-9,20H,10H2,1-3H3. The van der Waals surface area contributed by atoms with Crippen molar-refractivity contribution in [3.63, 3.8) is 0 Å². The monoisotopic (exact) mass is 359 g/mol. The van der Waals surface area contributed by atoms with E-state index in [0.717, 1.165) is 11.3 Å². The minimum absolute atomic E-state index is 0.347. The maximum absolute atomic E-state index is 6.11. The third-order valence-electron chi connectivity index (χ3n) is 3.67. The number of ether oxygens (including phenoxy) is 2. The zero-order valence-electron chi connectivity index (χ0n) is 14.2. The number of rotatable bonds is 6. The van der Waals surface area contributed by atoms with Gasteiger partial charge >= 0.3 is 0 Å². The number of halogens is 1. The summed E-state index contributed by atoms with van der Waals surface area (Å²) in [4.78, 5) is 0. The van der Waals surface area contributed by atoms with E-state index in [-0.39, 0.29) is 0 Å². The van der Waals surface area contributed by atoms with Gasteiger partial charge in [-0.15, -0.1) is 10.2 Å². The molecule has 0 unspecified atom stereocenters. The third kappa shape index (κ3) is 3.85. The summed E-state index contributed by atoms with van der Waals surface area (Å²) in [5.41, 5.74) is 2.78. The topological polar surface area (TPSA) is 69.4 Å². The molecule has 0 atom stereocenters. The van der Waals surface area contributed by atoms with Crippen LogP contribution >= 0.6 is 11.6 Å². The summed E-state index contributed by atoms with van der Waals surface area (Å²) in [6, 6.07) is 11.4. The van der Waals surface area contributed by atoms with E-state index >= 15 is 0 Å². The lowest BCUT2D eigenvalue weighted by Gasteiger charge is -2.12. The van der Waals surface area contributed by atoms with Crippen LogP contribution in [0.1, 0.15) is 11.5 Å². The van der Waals surface area contributed by atoms with Crippen molar-refractivity contribution in [1.29, 1.82) is 0 Å². The molecule has 1 aromatic heterocycles.